The smallest absolute Gasteiger partial charge is 0.251 e. The van der Waals surface area contributed by atoms with Gasteiger partial charge in [0.2, 0.25) is 0 Å². The fourth-order valence-corrected chi connectivity index (χ4v) is 2.66. The van der Waals surface area contributed by atoms with Crippen LogP contribution in [0.5, 0.6) is 5.75 Å². The van der Waals surface area contributed by atoms with E-state index in [1.165, 1.54) is 5.56 Å². The van der Waals surface area contributed by atoms with Crippen LogP contribution in [0, 0.1) is 6.92 Å². The van der Waals surface area contributed by atoms with E-state index in [4.69, 9.17) is 4.74 Å². The summed E-state index contributed by atoms with van der Waals surface area (Å²) in [4.78, 5) is 15.2. The quantitative estimate of drug-likeness (QED) is 0.776. The van der Waals surface area contributed by atoms with Crippen molar-refractivity contribution in [2.75, 3.05) is 14.2 Å². The number of ether oxygens (including phenoxy) is 1. The van der Waals surface area contributed by atoms with Crippen LogP contribution in [0.1, 0.15) is 15.9 Å². The van der Waals surface area contributed by atoms with E-state index in [9.17, 15) is 4.79 Å². The van der Waals surface area contributed by atoms with Crippen molar-refractivity contribution in [2.24, 2.45) is 0 Å². The summed E-state index contributed by atoms with van der Waals surface area (Å²) in [6, 6.07) is 11.7. The van der Waals surface area contributed by atoms with E-state index >= 15 is 0 Å². The number of nitrogens with one attached hydrogen (secondary N) is 2. The van der Waals surface area contributed by atoms with Crippen LogP contribution in [-0.2, 0) is 0 Å². The molecule has 112 valence electrons. The van der Waals surface area contributed by atoms with Crippen LogP contribution < -0.4 is 10.1 Å². The van der Waals surface area contributed by atoms with Gasteiger partial charge in [0.1, 0.15) is 5.75 Å². The maximum Gasteiger partial charge on any atom is 0.251 e. The zero-order valence-electron chi connectivity index (χ0n) is 12.9. The Bertz CT molecular complexity index is 849. The van der Waals surface area contributed by atoms with Crippen LogP contribution in [0.3, 0.4) is 0 Å². The molecule has 2 N–H and O–H groups in total. The van der Waals surface area contributed by atoms with Crippen LogP contribution in [0.4, 0.5) is 0 Å². The first kappa shape index (κ1) is 14.2. The molecule has 4 heteroatoms. The molecule has 0 saturated carbocycles. The molecule has 0 fully saturated rings. The summed E-state index contributed by atoms with van der Waals surface area (Å²) in [5.74, 6) is 0.634. The Kier molecular flexibility index (Phi) is 3.59. The van der Waals surface area contributed by atoms with Crippen molar-refractivity contribution >= 4 is 16.8 Å². The Hall–Kier alpha value is -2.75. The van der Waals surface area contributed by atoms with Crippen LogP contribution in [0.25, 0.3) is 22.0 Å². The normalized spacial score (nSPS) is 10.7. The van der Waals surface area contributed by atoms with Crippen LogP contribution >= 0.6 is 0 Å². The highest BCUT2D eigenvalue weighted by Gasteiger charge is 2.14. The predicted molar refractivity (Wildman–Crippen MR) is 88.4 cm³/mol. The minimum absolute atomic E-state index is 0.111. The number of carbonyl (C=O) groups is 1. The third-order valence-electron chi connectivity index (χ3n) is 3.82. The number of amides is 1. The van der Waals surface area contributed by atoms with Gasteiger partial charge in [-0.2, -0.15) is 0 Å². The molecule has 1 aromatic heterocycles. The van der Waals surface area contributed by atoms with Gasteiger partial charge in [0.25, 0.3) is 5.91 Å². The average Bonchev–Trinajstić information content (AvgIpc) is 2.96. The molecule has 22 heavy (non-hydrogen) atoms. The standard InChI is InChI=1S/C18H18N2O2/c1-11-4-6-16-13(8-11)15(10-20-16)14-9-12(18(21)19-2)5-7-17(14)22-3/h4-10,20H,1-3H3,(H,19,21). The molecule has 0 radical (unpaired) electrons. The summed E-state index contributed by atoms with van der Waals surface area (Å²) < 4.78 is 5.47. The van der Waals surface area contributed by atoms with Gasteiger partial charge in [0.05, 0.1) is 7.11 Å². The molecule has 3 rings (SSSR count). The Balaban J connectivity index is 2.24. The van der Waals surface area contributed by atoms with E-state index < -0.39 is 0 Å². The van der Waals surface area contributed by atoms with E-state index in [1.54, 1.807) is 20.2 Å². The van der Waals surface area contributed by atoms with Gasteiger partial charge in [-0.25, -0.2) is 0 Å². The van der Waals surface area contributed by atoms with Gasteiger partial charge >= 0.3 is 0 Å². The number of hydrogen-bond donors (Lipinski definition) is 2. The topological polar surface area (TPSA) is 54.1 Å². The highest BCUT2D eigenvalue weighted by molar-refractivity contribution is 6.00. The Morgan fingerprint density at radius 3 is 2.68 bits per heavy atom. The van der Waals surface area contributed by atoms with Crippen molar-refractivity contribution in [3.05, 3.63) is 53.7 Å². The van der Waals surface area contributed by atoms with E-state index in [2.05, 4.69) is 35.4 Å². The number of hydrogen-bond acceptors (Lipinski definition) is 2. The van der Waals surface area contributed by atoms with Gasteiger partial charge in [-0.05, 0) is 37.3 Å². The second-order valence-electron chi connectivity index (χ2n) is 5.25. The molecule has 1 amide bonds. The van der Waals surface area contributed by atoms with Gasteiger partial charge in [0, 0.05) is 40.8 Å². The molecule has 0 aliphatic heterocycles. The molecule has 3 aromatic rings. The van der Waals surface area contributed by atoms with Gasteiger partial charge in [-0.1, -0.05) is 11.6 Å². The third kappa shape index (κ3) is 2.33. The number of aromatic amines is 1. The number of aromatic nitrogens is 1. The average molecular weight is 294 g/mol. The molecule has 4 nitrogen and oxygen atoms in total. The van der Waals surface area contributed by atoms with Crippen molar-refractivity contribution in [2.45, 2.75) is 6.92 Å². The minimum Gasteiger partial charge on any atom is -0.496 e. The molecule has 0 spiro atoms. The van der Waals surface area contributed by atoms with E-state index in [-0.39, 0.29) is 5.91 Å². The summed E-state index contributed by atoms with van der Waals surface area (Å²) in [6.45, 7) is 2.06. The summed E-state index contributed by atoms with van der Waals surface area (Å²) >= 11 is 0. The van der Waals surface area contributed by atoms with Crippen molar-refractivity contribution in [1.29, 1.82) is 0 Å². The lowest BCUT2D eigenvalue weighted by Crippen LogP contribution is -2.17. The maximum atomic E-state index is 11.9. The van der Waals surface area contributed by atoms with Gasteiger partial charge in [-0.3, -0.25) is 4.79 Å². The molecule has 0 saturated heterocycles. The number of H-pyrrole nitrogens is 1. The minimum atomic E-state index is -0.111. The fraction of sp³-hybridized carbons (Fsp3) is 0.167. The molecule has 0 aliphatic rings. The molecule has 0 unspecified atom stereocenters. The van der Waals surface area contributed by atoms with Crippen LogP contribution in [0.2, 0.25) is 0 Å². The number of rotatable bonds is 3. The van der Waals surface area contributed by atoms with E-state index in [0.717, 1.165) is 27.8 Å². The number of fused-ring (bicyclic) bond motifs is 1. The lowest BCUT2D eigenvalue weighted by molar-refractivity contribution is 0.0963. The molecular weight excluding hydrogens is 276 g/mol. The first-order chi connectivity index (χ1) is 10.6. The molecule has 0 bridgehead atoms. The maximum absolute atomic E-state index is 11.9. The first-order valence-electron chi connectivity index (χ1n) is 7.12. The Morgan fingerprint density at radius 2 is 1.95 bits per heavy atom. The monoisotopic (exact) mass is 294 g/mol. The van der Waals surface area contributed by atoms with Gasteiger partial charge < -0.3 is 15.0 Å². The van der Waals surface area contributed by atoms with Crippen molar-refractivity contribution < 1.29 is 9.53 Å². The molecule has 1 heterocycles. The fourth-order valence-electron chi connectivity index (χ4n) is 2.66. The van der Waals surface area contributed by atoms with Crippen molar-refractivity contribution in [1.82, 2.24) is 10.3 Å². The second kappa shape index (κ2) is 5.56. The number of methoxy groups -OCH3 is 1. The summed E-state index contributed by atoms with van der Waals surface area (Å²) in [6.07, 6.45) is 1.95. The molecular formula is C18H18N2O2. The lowest BCUT2D eigenvalue weighted by Gasteiger charge is -2.10. The molecule has 0 atom stereocenters. The van der Waals surface area contributed by atoms with E-state index in [1.807, 2.05) is 18.3 Å². The second-order valence-corrected chi connectivity index (χ2v) is 5.25. The number of benzene rings is 2. The summed E-state index contributed by atoms with van der Waals surface area (Å²) in [5.41, 5.74) is 4.80. The lowest BCUT2D eigenvalue weighted by atomic mass is 10.00. The first-order valence-corrected chi connectivity index (χ1v) is 7.12. The van der Waals surface area contributed by atoms with Crippen LogP contribution in [-0.4, -0.2) is 25.0 Å². The number of carbonyl (C=O) groups excluding carboxylic acids is 1. The summed E-state index contributed by atoms with van der Waals surface area (Å²) in [7, 11) is 3.26. The highest BCUT2D eigenvalue weighted by Crippen LogP contribution is 2.36. The summed E-state index contributed by atoms with van der Waals surface area (Å²) in [5, 5.41) is 3.77. The third-order valence-corrected chi connectivity index (χ3v) is 3.82. The predicted octanol–water partition coefficient (Wildman–Crippen LogP) is 3.51. The Morgan fingerprint density at radius 1 is 1.14 bits per heavy atom. The van der Waals surface area contributed by atoms with Crippen LogP contribution in [0.15, 0.2) is 42.6 Å². The molecule has 0 aliphatic carbocycles. The van der Waals surface area contributed by atoms with Gasteiger partial charge in [-0.15, -0.1) is 0 Å². The zero-order valence-corrected chi connectivity index (χ0v) is 12.9. The number of aryl methyl sites for hydroxylation is 1. The SMILES string of the molecule is CNC(=O)c1ccc(OC)c(-c2c[nH]c3ccc(C)cc23)c1. The largest absolute Gasteiger partial charge is 0.496 e. The van der Waals surface area contributed by atoms with E-state index in [0.29, 0.717) is 5.56 Å². The highest BCUT2D eigenvalue weighted by atomic mass is 16.5. The molecule has 2 aromatic carbocycles. The van der Waals surface area contributed by atoms with Crippen molar-refractivity contribution in [3.63, 3.8) is 0 Å². The Labute approximate surface area is 129 Å². The zero-order chi connectivity index (χ0) is 15.7. The van der Waals surface area contributed by atoms with Gasteiger partial charge in [0.15, 0.2) is 0 Å². The van der Waals surface area contributed by atoms with Crippen molar-refractivity contribution in [3.8, 4) is 16.9 Å².